The zero-order valence-corrected chi connectivity index (χ0v) is 11.7. The van der Waals surface area contributed by atoms with E-state index < -0.39 is 30.0 Å². The molecule has 0 saturated carbocycles. The van der Waals surface area contributed by atoms with Gasteiger partial charge >= 0.3 is 5.97 Å². The van der Waals surface area contributed by atoms with Crippen molar-refractivity contribution in [1.29, 1.82) is 0 Å². The number of aryl methyl sites for hydroxylation is 1. The average molecular weight is 287 g/mol. The molecule has 3 rings (SSSR count). The van der Waals surface area contributed by atoms with Crippen LogP contribution in [0.4, 0.5) is 5.69 Å². The Balaban J connectivity index is 1.82. The minimum Gasteiger partial charge on any atom is -0.481 e. The Morgan fingerprint density at radius 1 is 1.19 bits per heavy atom. The second-order valence-corrected chi connectivity index (χ2v) is 5.34. The normalized spacial score (nSPS) is 29.6. The van der Waals surface area contributed by atoms with Crippen LogP contribution >= 0.6 is 0 Å². The number of carbonyl (C=O) groups excluding carboxylic acids is 1. The van der Waals surface area contributed by atoms with E-state index in [1.54, 1.807) is 12.2 Å². The van der Waals surface area contributed by atoms with Gasteiger partial charge < -0.3 is 15.2 Å². The molecule has 1 saturated heterocycles. The molecule has 0 aromatic heterocycles. The van der Waals surface area contributed by atoms with Crippen molar-refractivity contribution in [2.75, 3.05) is 5.32 Å². The van der Waals surface area contributed by atoms with Crippen LogP contribution in [0.2, 0.25) is 0 Å². The summed E-state index contributed by atoms with van der Waals surface area (Å²) < 4.78 is 5.52. The molecule has 0 aliphatic carbocycles. The Bertz CT molecular complexity index is 610. The molecule has 1 aromatic rings. The van der Waals surface area contributed by atoms with E-state index in [1.165, 1.54) is 0 Å². The van der Waals surface area contributed by atoms with Crippen LogP contribution in [0.25, 0.3) is 0 Å². The van der Waals surface area contributed by atoms with Crippen LogP contribution < -0.4 is 5.32 Å². The molecule has 4 atom stereocenters. The fraction of sp³-hybridized carbons (Fsp3) is 0.375. The first-order chi connectivity index (χ1) is 10.1. The lowest BCUT2D eigenvalue weighted by atomic mass is 9.82. The number of aliphatic carboxylic acids is 1. The molecular formula is C16H17NO4. The van der Waals surface area contributed by atoms with E-state index in [9.17, 15) is 14.7 Å². The molecular weight excluding hydrogens is 270 g/mol. The van der Waals surface area contributed by atoms with Gasteiger partial charge in [0.15, 0.2) is 0 Å². The topological polar surface area (TPSA) is 75.6 Å². The molecule has 2 aliphatic rings. The molecule has 2 bridgehead atoms. The van der Waals surface area contributed by atoms with Crippen LogP contribution in [0.1, 0.15) is 12.5 Å². The van der Waals surface area contributed by atoms with E-state index in [2.05, 4.69) is 5.32 Å². The van der Waals surface area contributed by atoms with Gasteiger partial charge in [-0.15, -0.1) is 0 Å². The van der Waals surface area contributed by atoms with Gasteiger partial charge in [-0.3, -0.25) is 9.59 Å². The quantitative estimate of drug-likeness (QED) is 0.829. The summed E-state index contributed by atoms with van der Waals surface area (Å²) >= 11 is 0. The number of amides is 1. The Labute approximate surface area is 122 Å². The van der Waals surface area contributed by atoms with Crippen molar-refractivity contribution in [3.63, 3.8) is 0 Å². The number of carboxylic acid groups (broad SMARTS) is 1. The highest BCUT2D eigenvalue weighted by Crippen LogP contribution is 2.40. The van der Waals surface area contributed by atoms with Crippen molar-refractivity contribution in [3.05, 3.63) is 42.0 Å². The molecule has 1 fully saturated rings. The number of rotatable bonds is 4. The summed E-state index contributed by atoms with van der Waals surface area (Å²) in [5.74, 6) is -2.77. The van der Waals surface area contributed by atoms with Crippen LogP contribution in [-0.4, -0.2) is 29.2 Å². The summed E-state index contributed by atoms with van der Waals surface area (Å²) in [7, 11) is 0. The molecule has 0 radical (unpaired) electrons. The number of hydrogen-bond acceptors (Lipinski definition) is 3. The molecule has 0 spiro atoms. The van der Waals surface area contributed by atoms with Gasteiger partial charge in [0.2, 0.25) is 5.91 Å². The van der Waals surface area contributed by atoms with E-state index >= 15 is 0 Å². The molecule has 2 aliphatic heterocycles. The lowest BCUT2D eigenvalue weighted by Gasteiger charge is -2.21. The van der Waals surface area contributed by atoms with Gasteiger partial charge in [0.25, 0.3) is 0 Å². The molecule has 2 heterocycles. The summed E-state index contributed by atoms with van der Waals surface area (Å²) in [4.78, 5) is 23.9. The summed E-state index contributed by atoms with van der Waals surface area (Å²) in [5, 5.41) is 12.2. The number of para-hydroxylation sites is 1. The third-order valence-corrected chi connectivity index (χ3v) is 4.14. The number of carboxylic acids is 1. The lowest BCUT2D eigenvalue weighted by molar-refractivity contribution is -0.145. The minimum absolute atomic E-state index is 0.292. The third-order valence-electron chi connectivity index (χ3n) is 4.14. The second kappa shape index (κ2) is 5.33. The first-order valence-corrected chi connectivity index (χ1v) is 7.07. The highest BCUT2D eigenvalue weighted by Gasteiger charge is 2.53. The maximum atomic E-state index is 12.5. The fourth-order valence-electron chi connectivity index (χ4n) is 3.08. The van der Waals surface area contributed by atoms with Gasteiger partial charge in [-0.05, 0) is 18.1 Å². The standard InChI is InChI=1S/C16H17NO4/c1-2-9-5-3-4-6-10(9)17-15(18)13-11-7-8-12(21-11)14(13)16(19)20/h3-8,11-14H,2H2,1H3,(H,17,18)(H,19,20)/t11-,12-,13-,14-/m1/s1. The Morgan fingerprint density at radius 2 is 1.86 bits per heavy atom. The van der Waals surface area contributed by atoms with Crippen LogP contribution in [-0.2, 0) is 20.7 Å². The molecule has 5 heteroatoms. The number of fused-ring (bicyclic) bond motifs is 2. The number of hydrogen-bond donors (Lipinski definition) is 2. The average Bonchev–Trinajstić information content (AvgIpc) is 3.08. The zero-order valence-electron chi connectivity index (χ0n) is 11.7. The highest BCUT2D eigenvalue weighted by atomic mass is 16.5. The van der Waals surface area contributed by atoms with Crippen molar-refractivity contribution in [2.45, 2.75) is 25.6 Å². The van der Waals surface area contributed by atoms with E-state index in [0.29, 0.717) is 0 Å². The lowest BCUT2D eigenvalue weighted by Crippen LogP contribution is -2.39. The molecule has 2 N–H and O–H groups in total. The van der Waals surface area contributed by atoms with Crippen LogP contribution in [0.15, 0.2) is 36.4 Å². The number of ether oxygens (including phenoxy) is 1. The Kier molecular flexibility index (Phi) is 3.51. The van der Waals surface area contributed by atoms with E-state index in [-0.39, 0.29) is 5.91 Å². The maximum Gasteiger partial charge on any atom is 0.310 e. The predicted molar refractivity (Wildman–Crippen MR) is 76.9 cm³/mol. The van der Waals surface area contributed by atoms with Gasteiger partial charge in [0, 0.05) is 5.69 Å². The van der Waals surface area contributed by atoms with Crippen molar-refractivity contribution < 1.29 is 19.4 Å². The van der Waals surface area contributed by atoms with Crippen LogP contribution in [0.3, 0.4) is 0 Å². The van der Waals surface area contributed by atoms with Crippen molar-refractivity contribution in [1.82, 2.24) is 0 Å². The predicted octanol–water partition coefficient (Wildman–Crippen LogP) is 1.84. The third kappa shape index (κ3) is 2.34. The fourth-order valence-corrected chi connectivity index (χ4v) is 3.08. The monoisotopic (exact) mass is 287 g/mol. The van der Waals surface area contributed by atoms with E-state index in [0.717, 1.165) is 17.7 Å². The largest absolute Gasteiger partial charge is 0.481 e. The van der Waals surface area contributed by atoms with Crippen molar-refractivity contribution in [2.24, 2.45) is 11.8 Å². The summed E-state index contributed by atoms with van der Waals surface area (Å²) in [6.07, 6.45) is 3.37. The maximum absolute atomic E-state index is 12.5. The van der Waals surface area contributed by atoms with Gasteiger partial charge in [0.1, 0.15) is 5.92 Å². The van der Waals surface area contributed by atoms with Crippen molar-refractivity contribution >= 4 is 17.6 Å². The molecule has 1 amide bonds. The van der Waals surface area contributed by atoms with Gasteiger partial charge in [-0.25, -0.2) is 0 Å². The molecule has 110 valence electrons. The molecule has 0 unspecified atom stereocenters. The minimum atomic E-state index is -0.990. The SMILES string of the molecule is CCc1ccccc1NC(=O)[C@H]1[C@H](C(=O)O)[C@H]2C=C[C@H]1O2. The van der Waals surface area contributed by atoms with Crippen molar-refractivity contribution in [3.8, 4) is 0 Å². The smallest absolute Gasteiger partial charge is 0.310 e. The number of anilines is 1. The van der Waals surface area contributed by atoms with Gasteiger partial charge in [-0.1, -0.05) is 37.3 Å². The van der Waals surface area contributed by atoms with E-state index in [4.69, 9.17) is 4.74 Å². The molecule has 21 heavy (non-hydrogen) atoms. The van der Waals surface area contributed by atoms with E-state index in [1.807, 2.05) is 31.2 Å². The summed E-state index contributed by atoms with van der Waals surface area (Å²) in [6, 6.07) is 7.54. The zero-order chi connectivity index (χ0) is 15.0. The summed E-state index contributed by atoms with van der Waals surface area (Å²) in [5.41, 5.74) is 1.76. The first kappa shape index (κ1) is 13.8. The second-order valence-electron chi connectivity index (χ2n) is 5.34. The Hall–Kier alpha value is -2.14. The van der Waals surface area contributed by atoms with Gasteiger partial charge in [-0.2, -0.15) is 0 Å². The summed E-state index contributed by atoms with van der Waals surface area (Å²) in [6.45, 7) is 2.01. The van der Waals surface area contributed by atoms with Crippen LogP contribution in [0, 0.1) is 11.8 Å². The first-order valence-electron chi connectivity index (χ1n) is 7.07. The number of benzene rings is 1. The number of nitrogens with one attached hydrogen (secondary N) is 1. The Morgan fingerprint density at radius 3 is 2.52 bits per heavy atom. The molecule has 5 nitrogen and oxygen atoms in total. The molecule has 1 aromatic carbocycles. The van der Waals surface area contributed by atoms with Gasteiger partial charge in [0.05, 0.1) is 18.1 Å². The van der Waals surface area contributed by atoms with Crippen LogP contribution in [0.5, 0.6) is 0 Å². The number of carbonyl (C=O) groups is 2. The highest BCUT2D eigenvalue weighted by molar-refractivity contribution is 5.97.